The van der Waals surface area contributed by atoms with E-state index in [0.29, 0.717) is 12.1 Å². The summed E-state index contributed by atoms with van der Waals surface area (Å²) < 4.78 is 14.9. The van der Waals surface area contributed by atoms with Crippen LogP contribution in [0.1, 0.15) is 11.3 Å². The van der Waals surface area contributed by atoms with Crippen molar-refractivity contribution in [3.63, 3.8) is 0 Å². The minimum absolute atomic E-state index is 0.204. The van der Waals surface area contributed by atoms with Gasteiger partial charge in [0.05, 0.1) is 6.54 Å². The molecule has 1 aromatic heterocycles. The molecule has 2 aromatic rings. The van der Waals surface area contributed by atoms with Gasteiger partial charge in [-0.15, -0.1) is 5.10 Å². The first kappa shape index (κ1) is 10.6. The molecule has 0 aliphatic carbocycles. The Bertz CT molecular complexity index is 492. The van der Waals surface area contributed by atoms with Gasteiger partial charge < -0.3 is 5.32 Å². The monoisotopic (exact) mass is 220 g/mol. The zero-order chi connectivity index (χ0) is 11.5. The van der Waals surface area contributed by atoms with E-state index in [2.05, 4.69) is 15.6 Å². The average molecular weight is 220 g/mol. The molecule has 2 rings (SSSR count). The summed E-state index contributed by atoms with van der Waals surface area (Å²) in [4.78, 5) is 0. The van der Waals surface area contributed by atoms with Gasteiger partial charge in [-0.3, -0.25) is 4.68 Å². The van der Waals surface area contributed by atoms with Gasteiger partial charge in [-0.1, -0.05) is 11.3 Å². The van der Waals surface area contributed by atoms with E-state index >= 15 is 0 Å². The average Bonchev–Trinajstić information content (AvgIpc) is 2.67. The van der Waals surface area contributed by atoms with Crippen LogP contribution in [-0.4, -0.2) is 15.0 Å². The number of halogens is 1. The highest BCUT2D eigenvalue weighted by molar-refractivity contribution is 5.50. The minimum atomic E-state index is -0.204. The van der Waals surface area contributed by atoms with E-state index < -0.39 is 0 Å². The second kappa shape index (κ2) is 4.30. The number of aromatic nitrogens is 3. The van der Waals surface area contributed by atoms with Crippen LogP contribution in [-0.2, 0) is 13.6 Å². The van der Waals surface area contributed by atoms with Crippen molar-refractivity contribution >= 4 is 5.69 Å². The third-order valence-corrected chi connectivity index (χ3v) is 2.38. The van der Waals surface area contributed by atoms with Crippen molar-refractivity contribution in [1.29, 1.82) is 0 Å². The van der Waals surface area contributed by atoms with Crippen LogP contribution in [0, 0.1) is 12.7 Å². The van der Waals surface area contributed by atoms with Crippen LogP contribution in [0.5, 0.6) is 0 Å². The van der Waals surface area contributed by atoms with E-state index in [-0.39, 0.29) is 5.82 Å². The Labute approximate surface area is 93.1 Å². The summed E-state index contributed by atoms with van der Waals surface area (Å²) in [6.07, 6.45) is 1.82. The van der Waals surface area contributed by atoms with Crippen LogP contribution in [0.2, 0.25) is 0 Å². The largest absolute Gasteiger partial charge is 0.379 e. The molecule has 0 aliphatic rings. The summed E-state index contributed by atoms with van der Waals surface area (Å²) in [5.41, 5.74) is 2.23. The molecule has 1 aromatic carbocycles. The van der Waals surface area contributed by atoms with Gasteiger partial charge >= 0.3 is 0 Å². The van der Waals surface area contributed by atoms with Gasteiger partial charge in [0, 0.05) is 24.5 Å². The van der Waals surface area contributed by atoms with Crippen molar-refractivity contribution in [2.45, 2.75) is 13.5 Å². The van der Waals surface area contributed by atoms with Crippen molar-refractivity contribution in [2.24, 2.45) is 7.05 Å². The highest BCUT2D eigenvalue weighted by Crippen LogP contribution is 2.17. The van der Waals surface area contributed by atoms with Crippen LogP contribution in [0.25, 0.3) is 0 Å². The number of nitrogens with one attached hydrogen (secondary N) is 1. The van der Waals surface area contributed by atoms with Crippen LogP contribution < -0.4 is 5.32 Å². The van der Waals surface area contributed by atoms with Gasteiger partial charge in [0.1, 0.15) is 11.5 Å². The molecule has 0 saturated heterocycles. The predicted octanol–water partition coefficient (Wildman–Crippen LogP) is 1.87. The Morgan fingerprint density at radius 3 is 2.94 bits per heavy atom. The molecule has 0 unspecified atom stereocenters. The topological polar surface area (TPSA) is 42.7 Å². The fourth-order valence-electron chi connectivity index (χ4n) is 1.46. The Balaban J connectivity index is 2.07. The summed E-state index contributed by atoms with van der Waals surface area (Å²) in [5.74, 6) is -0.204. The first-order valence-electron chi connectivity index (χ1n) is 5.01. The second-order valence-corrected chi connectivity index (χ2v) is 3.65. The molecule has 84 valence electrons. The molecule has 0 bridgehead atoms. The third kappa shape index (κ3) is 2.18. The molecule has 0 radical (unpaired) electrons. The molecular formula is C11H13FN4. The molecular weight excluding hydrogens is 207 g/mol. The molecule has 0 aliphatic heterocycles. The maximum Gasteiger partial charge on any atom is 0.128 e. The van der Waals surface area contributed by atoms with Crippen molar-refractivity contribution in [3.05, 3.63) is 41.5 Å². The van der Waals surface area contributed by atoms with Crippen molar-refractivity contribution in [3.8, 4) is 0 Å². The maximum absolute atomic E-state index is 13.2. The lowest BCUT2D eigenvalue weighted by molar-refractivity contribution is 0.619. The number of nitrogens with zero attached hydrogens (tertiary/aromatic N) is 3. The maximum atomic E-state index is 13.2. The smallest absolute Gasteiger partial charge is 0.128 e. The van der Waals surface area contributed by atoms with Gasteiger partial charge in [-0.05, 0) is 19.1 Å². The van der Waals surface area contributed by atoms with Crippen LogP contribution in [0.15, 0.2) is 24.4 Å². The number of anilines is 1. The van der Waals surface area contributed by atoms with Crippen LogP contribution in [0.4, 0.5) is 10.1 Å². The van der Waals surface area contributed by atoms with E-state index in [1.165, 1.54) is 6.07 Å². The summed E-state index contributed by atoms with van der Waals surface area (Å²) in [6, 6.07) is 4.97. The molecule has 0 saturated carbocycles. The van der Waals surface area contributed by atoms with E-state index in [0.717, 1.165) is 11.4 Å². The third-order valence-electron chi connectivity index (χ3n) is 2.38. The number of hydrogen-bond donors (Lipinski definition) is 1. The van der Waals surface area contributed by atoms with Crippen molar-refractivity contribution < 1.29 is 4.39 Å². The molecule has 1 heterocycles. The molecule has 4 nitrogen and oxygen atoms in total. The Kier molecular flexibility index (Phi) is 2.85. The highest BCUT2D eigenvalue weighted by atomic mass is 19.1. The molecule has 1 N–H and O–H groups in total. The van der Waals surface area contributed by atoms with E-state index in [4.69, 9.17) is 0 Å². The minimum Gasteiger partial charge on any atom is -0.379 e. The molecule has 5 heteroatoms. The summed E-state index contributed by atoms with van der Waals surface area (Å²) in [7, 11) is 1.81. The lowest BCUT2D eigenvalue weighted by atomic mass is 10.2. The van der Waals surface area contributed by atoms with Crippen LogP contribution >= 0.6 is 0 Å². The highest BCUT2D eigenvalue weighted by Gasteiger charge is 2.03. The Morgan fingerprint density at radius 1 is 1.44 bits per heavy atom. The second-order valence-electron chi connectivity index (χ2n) is 3.65. The van der Waals surface area contributed by atoms with E-state index in [1.807, 2.05) is 19.3 Å². The predicted molar refractivity (Wildman–Crippen MR) is 59.5 cm³/mol. The van der Waals surface area contributed by atoms with Crippen LogP contribution in [0.3, 0.4) is 0 Å². The van der Waals surface area contributed by atoms with Crippen molar-refractivity contribution in [1.82, 2.24) is 15.0 Å². The summed E-state index contributed by atoms with van der Waals surface area (Å²) in [5, 5.41) is 10.9. The van der Waals surface area contributed by atoms with Gasteiger partial charge in [0.25, 0.3) is 0 Å². The van der Waals surface area contributed by atoms with Crippen molar-refractivity contribution in [2.75, 3.05) is 5.32 Å². The zero-order valence-corrected chi connectivity index (χ0v) is 9.24. The first-order valence-corrected chi connectivity index (χ1v) is 5.01. The number of rotatable bonds is 3. The lowest BCUT2D eigenvalue weighted by Crippen LogP contribution is -2.02. The van der Waals surface area contributed by atoms with E-state index in [9.17, 15) is 4.39 Å². The molecule has 0 atom stereocenters. The van der Waals surface area contributed by atoms with Gasteiger partial charge in [-0.25, -0.2) is 4.39 Å². The van der Waals surface area contributed by atoms with Gasteiger partial charge in [0.15, 0.2) is 0 Å². The van der Waals surface area contributed by atoms with E-state index in [1.54, 1.807) is 17.7 Å². The Morgan fingerprint density at radius 2 is 2.25 bits per heavy atom. The fraction of sp³-hybridized carbons (Fsp3) is 0.273. The summed E-state index contributed by atoms with van der Waals surface area (Å²) in [6.45, 7) is 2.28. The van der Waals surface area contributed by atoms with Gasteiger partial charge in [0.2, 0.25) is 0 Å². The number of aryl methyl sites for hydroxylation is 1. The summed E-state index contributed by atoms with van der Waals surface area (Å²) >= 11 is 0. The lowest BCUT2D eigenvalue weighted by Gasteiger charge is -2.07. The van der Waals surface area contributed by atoms with Gasteiger partial charge in [-0.2, -0.15) is 0 Å². The first-order chi connectivity index (χ1) is 7.66. The molecule has 0 amide bonds. The molecule has 0 fully saturated rings. The number of hydrogen-bond acceptors (Lipinski definition) is 3. The quantitative estimate of drug-likeness (QED) is 0.858. The fourth-order valence-corrected chi connectivity index (χ4v) is 1.46. The Hall–Kier alpha value is -1.91. The number of benzene rings is 1. The normalized spacial score (nSPS) is 10.4. The molecule has 16 heavy (non-hydrogen) atoms. The SMILES string of the molecule is Cc1c(F)cccc1NCc1cn(C)nn1. The molecule has 0 spiro atoms. The zero-order valence-electron chi connectivity index (χ0n) is 9.24. The standard InChI is InChI=1S/C11H13FN4/c1-8-10(12)4-3-5-11(8)13-6-9-7-16(2)15-14-9/h3-5,7,13H,6H2,1-2H3.